The first-order valence-electron chi connectivity index (χ1n) is 8.18. The van der Waals surface area contributed by atoms with Gasteiger partial charge in [0.25, 0.3) is 0 Å². The van der Waals surface area contributed by atoms with Crippen molar-refractivity contribution >= 4 is 5.82 Å². The number of ether oxygens (including phenoxy) is 1. The largest absolute Gasteiger partial charge is 0.433 e. The highest BCUT2D eigenvalue weighted by Crippen LogP contribution is 2.31. The number of nitrogens with zero attached hydrogens (tertiary/aromatic N) is 2. The fraction of sp³-hybridized carbons (Fsp3) is 0.688. The van der Waals surface area contributed by atoms with E-state index in [1.54, 1.807) is 0 Å². The first-order chi connectivity index (χ1) is 11.0. The van der Waals surface area contributed by atoms with Crippen LogP contribution >= 0.6 is 0 Å². The minimum absolute atomic E-state index is 0.201. The molecule has 1 saturated heterocycles. The van der Waals surface area contributed by atoms with Crippen LogP contribution in [0.4, 0.5) is 19.0 Å². The van der Waals surface area contributed by atoms with E-state index >= 15 is 0 Å². The summed E-state index contributed by atoms with van der Waals surface area (Å²) in [5.41, 5.74) is 3.71. The molecule has 2 heterocycles. The normalized spacial score (nSPS) is 16.8. The Balaban J connectivity index is 2.04. The summed E-state index contributed by atoms with van der Waals surface area (Å²) in [5.74, 6) is 0.418. The van der Waals surface area contributed by atoms with Crippen molar-refractivity contribution < 1.29 is 23.6 Å². The number of hydrogen-bond donors (Lipinski definition) is 1. The van der Waals surface area contributed by atoms with Crippen molar-refractivity contribution in [3.05, 3.63) is 23.4 Å². The van der Waals surface area contributed by atoms with Crippen molar-refractivity contribution in [1.29, 1.82) is 0 Å². The van der Waals surface area contributed by atoms with Crippen molar-refractivity contribution in [2.75, 3.05) is 24.6 Å². The highest BCUT2D eigenvalue weighted by atomic mass is 19.4. The first kappa shape index (κ1) is 18.0. The fourth-order valence-corrected chi connectivity index (χ4v) is 2.73. The lowest BCUT2D eigenvalue weighted by Gasteiger charge is -2.33. The zero-order chi connectivity index (χ0) is 16.9. The maximum absolute atomic E-state index is 12.9. The minimum atomic E-state index is -4.42. The Morgan fingerprint density at radius 1 is 1.30 bits per heavy atom. The summed E-state index contributed by atoms with van der Waals surface area (Å²) in [6, 6.07) is 2.52. The number of halogens is 3. The molecule has 1 aliphatic rings. The standard InChI is InChI=1S/C16H24F3N3O/c1-2-3-10-23-13-6-8-22(9-7-13)15-12(11-20)4-5-14(21-15)16(17,18)19/h4-5,13H,2-3,6-11,20H2,1H3/p+1. The Morgan fingerprint density at radius 3 is 2.57 bits per heavy atom. The van der Waals surface area contributed by atoms with Gasteiger partial charge in [-0.2, -0.15) is 13.2 Å². The van der Waals surface area contributed by atoms with Gasteiger partial charge in [0.05, 0.1) is 6.10 Å². The van der Waals surface area contributed by atoms with Crippen LogP contribution in [0.15, 0.2) is 12.1 Å². The Hall–Kier alpha value is -1.34. The molecular formula is C16H25F3N3O+. The summed E-state index contributed by atoms with van der Waals surface area (Å²) in [5, 5.41) is 0. The van der Waals surface area contributed by atoms with Gasteiger partial charge < -0.3 is 15.4 Å². The SMILES string of the molecule is CCCCOC1CCN(c2nc(C(F)(F)F)ccc2C[NH3+])CC1. The van der Waals surface area contributed by atoms with E-state index in [1.807, 2.05) is 4.90 Å². The summed E-state index contributed by atoms with van der Waals surface area (Å²) >= 11 is 0. The van der Waals surface area contributed by atoms with Gasteiger partial charge in [0.1, 0.15) is 18.1 Å². The molecule has 0 atom stereocenters. The molecular weight excluding hydrogens is 307 g/mol. The first-order valence-corrected chi connectivity index (χ1v) is 8.18. The highest BCUT2D eigenvalue weighted by molar-refractivity contribution is 5.48. The Morgan fingerprint density at radius 2 is 2.00 bits per heavy atom. The number of anilines is 1. The average molecular weight is 332 g/mol. The average Bonchev–Trinajstić information content (AvgIpc) is 2.54. The summed E-state index contributed by atoms with van der Waals surface area (Å²) in [6.45, 7) is 4.63. The van der Waals surface area contributed by atoms with Crippen LogP contribution in [-0.4, -0.2) is 30.8 Å². The topological polar surface area (TPSA) is 53.0 Å². The molecule has 3 N–H and O–H groups in total. The van der Waals surface area contributed by atoms with Gasteiger partial charge in [-0.05, 0) is 31.4 Å². The van der Waals surface area contributed by atoms with Crippen molar-refractivity contribution in [2.24, 2.45) is 0 Å². The zero-order valence-corrected chi connectivity index (χ0v) is 13.5. The van der Waals surface area contributed by atoms with Crippen LogP contribution in [0.3, 0.4) is 0 Å². The quantitative estimate of drug-likeness (QED) is 0.815. The number of quaternary nitrogens is 1. The second-order valence-corrected chi connectivity index (χ2v) is 5.84. The van der Waals surface area contributed by atoms with E-state index in [-0.39, 0.29) is 6.10 Å². The lowest BCUT2D eigenvalue weighted by atomic mass is 10.1. The number of pyridine rings is 1. The number of rotatable bonds is 6. The highest BCUT2D eigenvalue weighted by Gasteiger charge is 2.34. The van der Waals surface area contributed by atoms with Crippen LogP contribution in [0, 0.1) is 0 Å². The van der Waals surface area contributed by atoms with Crippen LogP contribution in [0.2, 0.25) is 0 Å². The molecule has 0 radical (unpaired) electrons. The predicted octanol–water partition coefficient (Wildman–Crippen LogP) is 2.63. The van der Waals surface area contributed by atoms with Gasteiger partial charge in [0.15, 0.2) is 0 Å². The Labute approximate surface area is 134 Å². The van der Waals surface area contributed by atoms with E-state index in [1.165, 1.54) is 6.07 Å². The van der Waals surface area contributed by atoms with Crippen LogP contribution < -0.4 is 10.6 Å². The Kier molecular flexibility index (Phi) is 6.24. The van der Waals surface area contributed by atoms with Gasteiger partial charge in [-0.1, -0.05) is 13.3 Å². The van der Waals surface area contributed by atoms with Crippen LogP contribution in [0.5, 0.6) is 0 Å². The summed E-state index contributed by atoms with van der Waals surface area (Å²) < 4.78 is 44.5. The van der Waals surface area contributed by atoms with Gasteiger partial charge in [0.2, 0.25) is 0 Å². The van der Waals surface area contributed by atoms with Crippen molar-refractivity contribution in [3.63, 3.8) is 0 Å². The molecule has 0 saturated carbocycles. The fourth-order valence-electron chi connectivity index (χ4n) is 2.73. The molecule has 23 heavy (non-hydrogen) atoms. The zero-order valence-electron chi connectivity index (χ0n) is 13.5. The van der Waals surface area contributed by atoms with E-state index in [4.69, 9.17) is 4.74 Å². The molecule has 130 valence electrons. The molecule has 0 aliphatic carbocycles. The van der Waals surface area contributed by atoms with Gasteiger partial charge >= 0.3 is 6.18 Å². The van der Waals surface area contributed by atoms with Crippen molar-refractivity contribution in [2.45, 2.75) is 51.4 Å². The third-order valence-corrected chi connectivity index (χ3v) is 4.11. The van der Waals surface area contributed by atoms with E-state index in [2.05, 4.69) is 17.6 Å². The van der Waals surface area contributed by atoms with E-state index in [9.17, 15) is 13.2 Å². The number of hydrogen-bond acceptors (Lipinski definition) is 3. The third-order valence-electron chi connectivity index (χ3n) is 4.11. The molecule has 2 rings (SSSR count). The van der Waals surface area contributed by atoms with Gasteiger partial charge in [-0.3, -0.25) is 0 Å². The maximum Gasteiger partial charge on any atom is 0.433 e. The monoisotopic (exact) mass is 332 g/mol. The number of alkyl halides is 3. The smallest absolute Gasteiger partial charge is 0.378 e. The van der Waals surface area contributed by atoms with Crippen LogP contribution in [-0.2, 0) is 17.5 Å². The molecule has 0 aromatic carbocycles. The molecule has 1 fully saturated rings. The van der Waals surface area contributed by atoms with E-state index in [0.29, 0.717) is 25.5 Å². The second-order valence-electron chi connectivity index (χ2n) is 5.84. The lowest BCUT2D eigenvalue weighted by molar-refractivity contribution is -0.386. The Bertz CT molecular complexity index is 500. The maximum atomic E-state index is 12.9. The van der Waals surface area contributed by atoms with Crippen molar-refractivity contribution in [1.82, 2.24) is 4.98 Å². The molecule has 0 unspecified atom stereocenters. The molecule has 1 aliphatic heterocycles. The van der Waals surface area contributed by atoms with E-state index < -0.39 is 11.9 Å². The van der Waals surface area contributed by atoms with E-state index in [0.717, 1.165) is 43.9 Å². The summed E-state index contributed by atoms with van der Waals surface area (Å²) in [6.07, 6.45) is -0.445. The number of unbranched alkanes of at least 4 members (excludes halogenated alkanes) is 1. The molecule has 1 aromatic heterocycles. The second kappa shape index (κ2) is 7.97. The molecule has 1 aromatic rings. The van der Waals surface area contributed by atoms with Gasteiger partial charge in [-0.25, -0.2) is 4.98 Å². The van der Waals surface area contributed by atoms with Crippen LogP contribution in [0.25, 0.3) is 0 Å². The summed E-state index contributed by atoms with van der Waals surface area (Å²) in [7, 11) is 0. The molecule has 0 bridgehead atoms. The molecule has 0 amide bonds. The number of aromatic nitrogens is 1. The summed E-state index contributed by atoms with van der Waals surface area (Å²) in [4.78, 5) is 5.79. The lowest BCUT2D eigenvalue weighted by Crippen LogP contribution is -2.48. The van der Waals surface area contributed by atoms with Gasteiger partial charge in [0, 0.05) is 25.3 Å². The number of piperidine rings is 1. The molecule has 4 nitrogen and oxygen atoms in total. The minimum Gasteiger partial charge on any atom is -0.378 e. The predicted molar refractivity (Wildman–Crippen MR) is 81.9 cm³/mol. The third kappa shape index (κ3) is 4.81. The van der Waals surface area contributed by atoms with Crippen LogP contribution in [0.1, 0.15) is 43.9 Å². The molecule has 0 spiro atoms. The van der Waals surface area contributed by atoms with Crippen molar-refractivity contribution in [3.8, 4) is 0 Å². The van der Waals surface area contributed by atoms with Gasteiger partial charge in [-0.15, -0.1) is 0 Å². The molecule has 7 heteroatoms.